The van der Waals surface area contributed by atoms with Crippen molar-refractivity contribution in [3.8, 4) is 5.75 Å². The number of likely N-dealkylation sites (tertiary alicyclic amines) is 1. The minimum absolute atomic E-state index is 0.0804. The van der Waals surface area contributed by atoms with E-state index in [1.807, 2.05) is 0 Å². The number of piperidine rings is 1. The minimum atomic E-state index is -3.69. The Labute approximate surface area is 211 Å². The van der Waals surface area contributed by atoms with E-state index in [-0.39, 0.29) is 29.8 Å². The second-order valence-electron chi connectivity index (χ2n) is 10.4. The van der Waals surface area contributed by atoms with E-state index < -0.39 is 10.0 Å². The summed E-state index contributed by atoms with van der Waals surface area (Å²) in [6.45, 7) is 7.10. The standard InChI is InChI=1S/C26H44N4O4S/c1-19-16-24(34-5)17-20(2)26(19)35(32,33)30(4)15-12-25(31)28-23-8-6-21(7-9-23)18-27-22-10-13-29(3)14-11-22/h16-17,21-23,27H,6-15,18H2,1-5H3,(H,28,31). The van der Waals surface area contributed by atoms with Crippen LogP contribution in [0.2, 0.25) is 0 Å². The van der Waals surface area contributed by atoms with Gasteiger partial charge in [-0.2, -0.15) is 0 Å². The van der Waals surface area contributed by atoms with E-state index in [1.54, 1.807) is 33.1 Å². The molecule has 1 aromatic rings. The van der Waals surface area contributed by atoms with Crippen molar-refractivity contribution < 1.29 is 17.9 Å². The van der Waals surface area contributed by atoms with Crippen molar-refractivity contribution in [1.82, 2.24) is 19.8 Å². The van der Waals surface area contributed by atoms with Crippen LogP contribution >= 0.6 is 0 Å². The lowest BCUT2D eigenvalue weighted by Crippen LogP contribution is -2.44. The molecule has 1 saturated carbocycles. The number of ether oxygens (including phenoxy) is 1. The van der Waals surface area contributed by atoms with Crippen LogP contribution in [-0.2, 0) is 14.8 Å². The van der Waals surface area contributed by atoms with Crippen molar-refractivity contribution in [3.63, 3.8) is 0 Å². The molecule has 0 aromatic heterocycles. The van der Waals surface area contributed by atoms with Crippen LogP contribution in [0.5, 0.6) is 5.75 Å². The molecule has 9 heteroatoms. The van der Waals surface area contributed by atoms with Gasteiger partial charge in [-0.05, 0) is 108 Å². The fraction of sp³-hybridized carbons (Fsp3) is 0.731. The first-order valence-electron chi connectivity index (χ1n) is 12.9. The molecule has 1 amide bonds. The maximum Gasteiger partial charge on any atom is 0.243 e. The zero-order chi connectivity index (χ0) is 25.6. The Balaban J connectivity index is 1.40. The molecule has 0 unspecified atom stereocenters. The van der Waals surface area contributed by atoms with Gasteiger partial charge in [0.25, 0.3) is 0 Å². The summed E-state index contributed by atoms with van der Waals surface area (Å²) < 4.78 is 32.8. The summed E-state index contributed by atoms with van der Waals surface area (Å²) in [5.41, 5.74) is 1.28. The number of hydrogen-bond acceptors (Lipinski definition) is 6. The highest BCUT2D eigenvalue weighted by atomic mass is 32.2. The second kappa shape index (κ2) is 12.5. The molecular weight excluding hydrogens is 464 g/mol. The molecule has 0 radical (unpaired) electrons. The topological polar surface area (TPSA) is 91.0 Å². The van der Waals surface area contributed by atoms with Crippen LogP contribution in [0.4, 0.5) is 0 Å². The lowest BCUT2D eigenvalue weighted by atomic mass is 9.85. The van der Waals surface area contributed by atoms with Gasteiger partial charge in [-0.1, -0.05) is 0 Å². The predicted octanol–water partition coefficient (Wildman–Crippen LogP) is 2.68. The minimum Gasteiger partial charge on any atom is -0.497 e. The molecule has 2 fully saturated rings. The van der Waals surface area contributed by atoms with Crippen molar-refractivity contribution in [2.45, 2.75) is 75.8 Å². The van der Waals surface area contributed by atoms with Gasteiger partial charge < -0.3 is 20.3 Å². The molecule has 0 bridgehead atoms. The Bertz CT molecular complexity index is 929. The third-order valence-electron chi connectivity index (χ3n) is 7.62. The van der Waals surface area contributed by atoms with Crippen molar-refractivity contribution in [2.75, 3.05) is 47.4 Å². The molecule has 198 valence electrons. The first-order valence-corrected chi connectivity index (χ1v) is 14.4. The number of rotatable bonds is 10. The Kier molecular flexibility index (Phi) is 9.98. The van der Waals surface area contributed by atoms with Gasteiger partial charge in [-0.25, -0.2) is 12.7 Å². The van der Waals surface area contributed by atoms with Crippen LogP contribution in [0.3, 0.4) is 0 Å². The summed E-state index contributed by atoms with van der Waals surface area (Å²) >= 11 is 0. The Hall–Kier alpha value is -1.68. The number of sulfonamides is 1. The highest BCUT2D eigenvalue weighted by molar-refractivity contribution is 7.89. The van der Waals surface area contributed by atoms with Gasteiger partial charge >= 0.3 is 0 Å². The molecule has 1 aliphatic carbocycles. The number of nitrogens with zero attached hydrogens (tertiary/aromatic N) is 2. The third-order valence-corrected chi connectivity index (χ3v) is 9.78. The number of aryl methyl sites for hydroxylation is 2. The Morgan fingerprint density at radius 1 is 1.06 bits per heavy atom. The number of amides is 1. The summed E-state index contributed by atoms with van der Waals surface area (Å²) in [5, 5.41) is 6.89. The van der Waals surface area contributed by atoms with E-state index in [9.17, 15) is 13.2 Å². The van der Waals surface area contributed by atoms with Crippen LogP contribution in [0.1, 0.15) is 56.1 Å². The Morgan fingerprint density at radius 3 is 2.23 bits per heavy atom. The van der Waals surface area contributed by atoms with Gasteiger partial charge in [0.05, 0.1) is 12.0 Å². The number of carbonyl (C=O) groups is 1. The summed E-state index contributed by atoms with van der Waals surface area (Å²) in [7, 11) is 1.59. The summed E-state index contributed by atoms with van der Waals surface area (Å²) in [5.74, 6) is 1.23. The van der Waals surface area contributed by atoms with Crippen LogP contribution < -0.4 is 15.4 Å². The monoisotopic (exact) mass is 508 g/mol. The highest BCUT2D eigenvalue weighted by Crippen LogP contribution is 2.28. The van der Waals surface area contributed by atoms with Gasteiger partial charge in [0.1, 0.15) is 5.75 Å². The number of benzene rings is 1. The molecule has 2 N–H and O–H groups in total. The van der Waals surface area contributed by atoms with Gasteiger partial charge in [-0.3, -0.25) is 4.79 Å². The van der Waals surface area contributed by atoms with Crippen molar-refractivity contribution >= 4 is 15.9 Å². The fourth-order valence-corrected chi connectivity index (χ4v) is 6.90. The van der Waals surface area contributed by atoms with Crippen LogP contribution in [0.25, 0.3) is 0 Å². The number of methoxy groups -OCH3 is 1. The Morgan fingerprint density at radius 2 is 1.66 bits per heavy atom. The number of nitrogens with one attached hydrogen (secondary N) is 2. The molecule has 0 atom stereocenters. The normalized spacial score (nSPS) is 22.3. The van der Waals surface area contributed by atoms with Crippen LogP contribution in [0.15, 0.2) is 17.0 Å². The van der Waals surface area contributed by atoms with Gasteiger partial charge in [0.2, 0.25) is 15.9 Å². The molecular formula is C26H44N4O4S. The molecule has 1 saturated heterocycles. The molecule has 1 aliphatic heterocycles. The molecule has 1 heterocycles. The van der Waals surface area contributed by atoms with E-state index in [0.717, 1.165) is 32.2 Å². The molecule has 0 spiro atoms. The molecule has 35 heavy (non-hydrogen) atoms. The van der Waals surface area contributed by atoms with E-state index in [2.05, 4.69) is 22.6 Å². The zero-order valence-corrected chi connectivity index (χ0v) is 22.9. The SMILES string of the molecule is COc1cc(C)c(S(=O)(=O)N(C)CCC(=O)NC2CCC(CNC3CCN(C)CC3)CC2)c(C)c1. The number of carbonyl (C=O) groups excluding carboxylic acids is 1. The largest absolute Gasteiger partial charge is 0.497 e. The predicted molar refractivity (Wildman–Crippen MR) is 139 cm³/mol. The summed E-state index contributed by atoms with van der Waals surface area (Å²) in [6.07, 6.45) is 6.83. The lowest BCUT2D eigenvalue weighted by molar-refractivity contribution is -0.122. The lowest BCUT2D eigenvalue weighted by Gasteiger charge is -2.33. The second-order valence-corrected chi connectivity index (χ2v) is 12.4. The van der Waals surface area contributed by atoms with Crippen LogP contribution in [-0.4, -0.2) is 83.0 Å². The fourth-order valence-electron chi connectivity index (χ4n) is 5.33. The third kappa shape index (κ3) is 7.65. The maximum atomic E-state index is 13.1. The highest BCUT2D eigenvalue weighted by Gasteiger charge is 2.27. The van der Waals surface area contributed by atoms with Crippen molar-refractivity contribution in [3.05, 3.63) is 23.3 Å². The van der Waals surface area contributed by atoms with Gasteiger partial charge in [0, 0.05) is 32.1 Å². The maximum absolute atomic E-state index is 13.1. The van der Waals surface area contributed by atoms with E-state index in [0.29, 0.717) is 28.8 Å². The van der Waals surface area contributed by atoms with E-state index in [1.165, 1.54) is 37.3 Å². The molecule has 8 nitrogen and oxygen atoms in total. The summed E-state index contributed by atoms with van der Waals surface area (Å²) in [6, 6.07) is 4.28. The van der Waals surface area contributed by atoms with Gasteiger partial charge in [0.15, 0.2) is 0 Å². The quantitative estimate of drug-likeness (QED) is 0.505. The van der Waals surface area contributed by atoms with Crippen LogP contribution in [0, 0.1) is 19.8 Å². The number of hydrogen-bond donors (Lipinski definition) is 2. The smallest absolute Gasteiger partial charge is 0.243 e. The van der Waals surface area contributed by atoms with E-state index in [4.69, 9.17) is 4.74 Å². The van der Waals surface area contributed by atoms with E-state index >= 15 is 0 Å². The molecule has 3 rings (SSSR count). The van der Waals surface area contributed by atoms with Gasteiger partial charge in [-0.15, -0.1) is 0 Å². The molecule has 1 aromatic carbocycles. The first kappa shape index (κ1) is 27.9. The van der Waals surface area contributed by atoms with Crippen molar-refractivity contribution in [1.29, 1.82) is 0 Å². The summed E-state index contributed by atoms with van der Waals surface area (Å²) in [4.78, 5) is 15.2. The molecule has 2 aliphatic rings. The zero-order valence-electron chi connectivity index (χ0n) is 22.1. The average molecular weight is 509 g/mol. The average Bonchev–Trinajstić information content (AvgIpc) is 2.82. The first-order chi connectivity index (χ1) is 16.6. The van der Waals surface area contributed by atoms with Crippen molar-refractivity contribution in [2.24, 2.45) is 5.92 Å².